The van der Waals surface area contributed by atoms with Crippen molar-refractivity contribution in [3.63, 3.8) is 0 Å². The van der Waals surface area contributed by atoms with Gasteiger partial charge in [-0.25, -0.2) is 0 Å². The van der Waals surface area contributed by atoms with Gasteiger partial charge in [0.25, 0.3) is 0 Å². The lowest BCUT2D eigenvalue weighted by Gasteiger charge is -2.09. The van der Waals surface area contributed by atoms with Gasteiger partial charge in [0.2, 0.25) is 0 Å². The van der Waals surface area contributed by atoms with E-state index in [1.165, 1.54) is 24.0 Å². The molecule has 1 aliphatic rings. The molecule has 0 fully saturated rings. The molecule has 0 unspecified atom stereocenters. The molecule has 0 aromatic carbocycles. The van der Waals surface area contributed by atoms with Crippen LogP contribution in [0.25, 0.3) is 0 Å². The minimum Gasteiger partial charge on any atom is -0.0871 e. The van der Waals surface area contributed by atoms with Gasteiger partial charge in [0, 0.05) is 4.43 Å². The lowest BCUT2D eigenvalue weighted by molar-refractivity contribution is 0.977. The molecule has 0 saturated heterocycles. The Morgan fingerprint density at radius 1 is 1.62 bits per heavy atom. The van der Waals surface area contributed by atoms with Crippen molar-refractivity contribution in [3.05, 3.63) is 47.6 Å². The van der Waals surface area contributed by atoms with E-state index < -0.39 is 0 Å². The van der Waals surface area contributed by atoms with Gasteiger partial charge in [-0.15, -0.1) is 0 Å². The van der Waals surface area contributed by atoms with Crippen molar-refractivity contribution >= 4 is 22.6 Å². The van der Waals surface area contributed by atoms with Crippen LogP contribution in [0.2, 0.25) is 0 Å². The molecule has 0 spiro atoms. The summed E-state index contributed by atoms with van der Waals surface area (Å²) in [4.78, 5) is 0. The Morgan fingerprint density at radius 2 is 2.46 bits per heavy atom. The summed E-state index contributed by atoms with van der Waals surface area (Å²) < 4.78 is 1.08. The molecular weight excluding hydrogens is 271 g/mol. The smallest absolute Gasteiger partial charge is 0.0184 e. The third-order valence-corrected chi connectivity index (χ3v) is 2.47. The second-order valence-electron chi connectivity index (χ2n) is 2.97. The molecule has 0 heterocycles. The fourth-order valence-corrected chi connectivity index (χ4v) is 1.89. The zero-order valence-electron chi connectivity index (χ0n) is 7.96. The van der Waals surface area contributed by atoms with Crippen molar-refractivity contribution in [1.29, 1.82) is 0 Å². The van der Waals surface area contributed by atoms with Crippen molar-refractivity contribution in [2.45, 2.75) is 19.8 Å². The third-order valence-electron chi connectivity index (χ3n) is 2.03. The molecule has 13 heavy (non-hydrogen) atoms. The Kier molecular flexibility index (Phi) is 5.13. The van der Waals surface area contributed by atoms with Gasteiger partial charge in [-0.05, 0) is 30.9 Å². The monoisotopic (exact) mass is 286 g/mol. The van der Waals surface area contributed by atoms with Gasteiger partial charge >= 0.3 is 0 Å². The van der Waals surface area contributed by atoms with Gasteiger partial charge < -0.3 is 0 Å². The first-order valence-electron chi connectivity index (χ1n) is 4.63. The van der Waals surface area contributed by atoms with Crippen LogP contribution in [0.4, 0.5) is 0 Å². The second kappa shape index (κ2) is 6.19. The van der Waals surface area contributed by atoms with Crippen LogP contribution in [0.1, 0.15) is 19.8 Å². The Bertz CT molecular complexity index is 267. The van der Waals surface area contributed by atoms with Crippen molar-refractivity contribution in [1.82, 2.24) is 0 Å². The molecule has 1 aliphatic carbocycles. The third kappa shape index (κ3) is 3.51. The standard InChI is InChI=1S/C12H15I/c1-2-6-11(9-10-13)12-7-4-3-5-8-12/h2-4,6-7,9H,5,8,10H2,1H3/b6-2-,11-9+. The van der Waals surface area contributed by atoms with E-state index in [0.717, 1.165) is 4.43 Å². The summed E-state index contributed by atoms with van der Waals surface area (Å²) in [5.74, 6) is 0. The highest BCUT2D eigenvalue weighted by Gasteiger charge is 2.02. The highest BCUT2D eigenvalue weighted by atomic mass is 127. The van der Waals surface area contributed by atoms with E-state index in [0.29, 0.717) is 0 Å². The second-order valence-corrected chi connectivity index (χ2v) is 3.85. The van der Waals surface area contributed by atoms with Crippen LogP contribution in [-0.4, -0.2) is 4.43 Å². The quantitative estimate of drug-likeness (QED) is 0.414. The molecular formula is C12H15I. The predicted octanol–water partition coefficient (Wildman–Crippen LogP) is 4.20. The molecule has 0 aromatic rings. The SMILES string of the molecule is C/C=C\C(=C/CI)C1=CC=CCC1. The fraction of sp³-hybridized carbons (Fsp3) is 0.333. The number of alkyl halides is 1. The summed E-state index contributed by atoms with van der Waals surface area (Å²) >= 11 is 2.38. The van der Waals surface area contributed by atoms with Crippen LogP contribution in [0.15, 0.2) is 47.6 Å². The van der Waals surface area contributed by atoms with E-state index in [-0.39, 0.29) is 0 Å². The number of allylic oxidation sites excluding steroid dienone is 8. The average Bonchev–Trinajstić information content (AvgIpc) is 2.19. The molecule has 0 amide bonds. The lowest BCUT2D eigenvalue weighted by atomic mass is 9.97. The average molecular weight is 286 g/mol. The summed E-state index contributed by atoms with van der Waals surface area (Å²) in [6.07, 6.45) is 15.6. The topological polar surface area (TPSA) is 0 Å². The maximum atomic E-state index is 2.38. The summed E-state index contributed by atoms with van der Waals surface area (Å²) in [5, 5.41) is 0. The van der Waals surface area contributed by atoms with E-state index in [2.05, 4.69) is 66.0 Å². The molecule has 1 heteroatoms. The van der Waals surface area contributed by atoms with Crippen molar-refractivity contribution in [2.24, 2.45) is 0 Å². The molecule has 1 rings (SSSR count). The number of halogens is 1. The van der Waals surface area contributed by atoms with Gasteiger partial charge in [-0.2, -0.15) is 0 Å². The Morgan fingerprint density at radius 3 is 3.00 bits per heavy atom. The molecule has 0 aliphatic heterocycles. The van der Waals surface area contributed by atoms with Crippen molar-refractivity contribution in [3.8, 4) is 0 Å². The first-order chi connectivity index (χ1) is 6.38. The van der Waals surface area contributed by atoms with E-state index in [9.17, 15) is 0 Å². The Balaban J connectivity index is 2.80. The zero-order valence-corrected chi connectivity index (χ0v) is 10.1. The predicted molar refractivity (Wildman–Crippen MR) is 68.2 cm³/mol. The first kappa shape index (κ1) is 10.8. The van der Waals surface area contributed by atoms with Gasteiger partial charge in [0.05, 0.1) is 0 Å². The van der Waals surface area contributed by atoms with Crippen LogP contribution < -0.4 is 0 Å². The Hall–Kier alpha value is -0.310. The number of hydrogen-bond donors (Lipinski definition) is 0. The first-order valence-corrected chi connectivity index (χ1v) is 6.16. The summed E-state index contributed by atoms with van der Waals surface area (Å²) in [5.41, 5.74) is 2.86. The largest absolute Gasteiger partial charge is 0.0871 e. The van der Waals surface area contributed by atoms with Gasteiger partial charge in [0.1, 0.15) is 0 Å². The molecule has 0 atom stereocenters. The summed E-state index contributed by atoms with van der Waals surface area (Å²) in [6.45, 7) is 2.07. The molecule has 70 valence electrons. The van der Waals surface area contributed by atoms with E-state index >= 15 is 0 Å². The molecule has 0 nitrogen and oxygen atoms in total. The normalized spacial score (nSPS) is 18.0. The highest BCUT2D eigenvalue weighted by molar-refractivity contribution is 14.1. The van der Waals surface area contributed by atoms with Gasteiger partial charge in [0.15, 0.2) is 0 Å². The minimum absolute atomic E-state index is 1.08. The van der Waals surface area contributed by atoms with E-state index in [4.69, 9.17) is 0 Å². The van der Waals surface area contributed by atoms with Gasteiger partial charge in [-0.1, -0.05) is 59.0 Å². The van der Waals surface area contributed by atoms with E-state index in [1.807, 2.05) is 0 Å². The summed E-state index contributed by atoms with van der Waals surface area (Å²) in [7, 11) is 0. The molecule has 0 aromatic heterocycles. The van der Waals surface area contributed by atoms with Crippen molar-refractivity contribution < 1.29 is 0 Å². The Labute approximate surface area is 94.3 Å². The molecule has 0 radical (unpaired) electrons. The zero-order chi connectivity index (χ0) is 9.52. The van der Waals surface area contributed by atoms with E-state index in [1.54, 1.807) is 0 Å². The van der Waals surface area contributed by atoms with Gasteiger partial charge in [-0.3, -0.25) is 0 Å². The van der Waals surface area contributed by atoms with Crippen LogP contribution in [0.3, 0.4) is 0 Å². The van der Waals surface area contributed by atoms with Crippen LogP contribution in [0, 0.1) is 0 Å². The molecule has 0 saturated carbocycles. The molecule has 0 bridgehead atoms. The maximum Gasteiger partial charge on any atom is 0.0184 e. The van der Waals surface area contributed by atoms with Crippen LogP contribution >= 0.6 is 22.6 Å². The molecule has 0 N–H and O–H groups in total. The minimum atomic E-state index is 1.08. The lowest BCUT2D eigenvalue weighted by Crippen LogP contribution is -1.90. The summed E-state index contributed by atoms with van der Waals surface area (Å²) in [6, 6.07) is 0. The highest BCUT2D eigenvalue weighted by Crippen LogP contribution is 2.21. The van der Waals surface area contributed by atoms with Crippen molar-refractivity contribution in [2.75, 3.05) is 4.43 Å². The van der Waals surface area contributed by atoms with Crippen LogP contribution in [-0.2, 0) is 0 Å². The number of hydrogen-bond acceptors (Lipinski definition) is 0. The van der Waals surface area contributed by atoms with Crippen LogP contribution in [0.5, 0.6) is 0 Å². The number of rotatable bonds is 3. The fourth-order valence-electron chi connectivity index (χ4n) is 1.41. The maximum absolute atomic E-state index is 2.38.